The summed E-state index contributed by atoms with van der Waals surface area (Å²) in [5.41, 5.74) is 1.02. The second kappa shape index (κ2) is 4.20. The zero-order chi connectivity index (χ0) is 13.5. The van der Waals surface area contributed by atoms with Crippen LogP contribution in [-0.4, -0.2) is 35.0 Å². The van der Waals surface area contributed by atoms with Crippen molar-refractivity contribution in [1.29, 1.82) is 5.26 Å². The highest BCUT2D eigenvalue weighted by atomic mass is 32.2. The highest BCUT2D eigenvalue weighted by Gasteiger charge is 2.32. The first kappa shape index (κ1) is 11.9. The van der Waals surface area contributed by atoms with E-state index < -0.39 is 9.84 Å². The average Bonchev–Trinajstić information content (AvgIpc) is 3.05. The van der Waals surface area contributed by atoms with Gasteiger partial charge in [-0.15, -0.1) is 0 Å². The van der Waals surface area contributed by atoms with Crippen molar-refractivity contribution in [1.82, 2.24) is 15.1 Å². The van der Waals surface area contributed by atoms with Crippen molar-refractivity contribution in [2.75, 3.05) is 11.5 Å². The first-order chi connectivity index (χ1) is 9.07. The van der Waals surface area contributed by atoms with Gasteiger partial charge in [0.05, 0.1) is 17.1 Å². The van der Waals surface area contributed by atoms with Crippen LogP contribution in [0.5, 0.6) is 0 Å². The lowest BCUT2D eigenvalue weighted by atomic mass is 10.1. The van der Waals surface area contributed by atoms with E-state index in [1.165, 1.54) is 0 Å². The van der Waals surface area contributed by atoms with Gasteiger partial charge in [-0.05, 0) is 12.5 Å². The summed E-state index contributed by atoms with van der Waals surface area (Å²) in [5.74, 6) is 0.747. The van der Waals surface area contributed by atoms with Crippen molar-refractivity contribution in [3.63, 3.8) is 0 Å². The largest absolute Gasteiger partial charge is 0.352 e. The highest BCUT2D eigenvalue weighted by Crippen LogP contribution is 2.28. The average molecular weight is 278 g/mol. The molecule has 0 bridgehead atoms. The summed E-state index contributed by atoms with van der Waals surface area (Å²) >= 11 is 0. The van der Waals surface area contributed by atoms with Crippen LogP contribution in [0.3, 0.4) is 0 Å². The van der Waals surface area contributed by atoms with E-state index in [4.69, 9.17) is 9.78 Å². The molecule has 1 aliphatic rings. The molecule has 0 spiro atoms. The van der Waals surface area contributed by atoms with E-state index in [0.717, 1.165) is 0 Å². The molecule has 0 aliphatic carbocycles. The molecule has 7 nitrogen and oxygen atoms in total. The van der Waals surface area contributed by atoms with Gasteiger partial charge in [0.15, 0.2) is 15.7 Å². The number of sulfone groups is 1. The molecule has 2 aromatic rings. The molecule has 8 heteroatoms. The van der Waals surface area contributed by atoms with Crippen LogP contribution < -0.4 is 0 Å². The molecule has 1 unspecified atom stereocenters. The molecule has 2 aromatic heterocycles. The number of nitriles is 1. The van der Waals surface area contributed by atoms with Gasteiger partial charge in [-0.1, -0.05) is 5.16 Å². The van der Waals surface area contributed by atoms with E-state index >= 15 is 0 Å². The van der Waals surface area contributed by atoms with Crippen LogP contribution in [0.1, 0.15) is 23.9 Å². The van der Waals surface area contributed by atoms with Crippen LogP contribution in [0.15, 0.2) is 16.8 Å². The van der Waals surface area contributed by atoms with Gasteiger partial charge < -0.3 is 9.51 Å². The fraction of sp³-hybridized carbons (Fsp3) is 0.364. The molecule has 1 fully saturated rings. The third kappa shape index (κ3) is 2.24. The molecule has 0 saturated carbocycles. The summed E-state index contributed by atoms with van der Waals surface area (Å²) in [4.78, 5) is 6.97. The SMILES string of the molecule is N#Cc1cc(-c2nc(C3CCS(=O)(=O)C3)no2)c[nH]1. The lowest BCUT2D eigenvalue weighted by Crippen LogP contribution is -2.04. The number of hydrogen-bond donors (Lipinski definition) is 1. The Bertz CT molecular complexity index is 753. The second-order valence-electron chi connectivity index (χ2n) is 4.47. The van der Waals surface area contributed by atoms with Crippen LogP contribution in [-0.2, 0) is 9.84 Å². The Hall–Kier alpha value is -2.14. The molecule has 3 heterocycles. The van der Waals surface area contributed by atoms with Crippen LogP contribution in [0, 0.1) is 11.3 Å². The molecule has 1 atom stereocenters. The molecule has 0 amide bonds. The first-order valence-corrected chi connectivity index (χ1v) is 7.52. The number of aromatic nitrogens is 3. The minimum absolute atomic E-state index is 0.0720. The molecular formula is C11H10N4O3S. The number of aromatic amines is 1. The van der Waals surface area contributed by atoms with Crippen LogP contribution in [0.25, 0.3) is 11.5 Å². The van der Waals surface area contributed by atoms with E-state index in [-0.39, 0.29) is 23.3 Å². The topological polar surface area (TPSA) is 113 Å². The van der Waals surface area contributed by atoms with E-state index in [0.29, 0.717) is 23.5 Å². The first-order valence-electron chi connectivity index (χ1n) is 5.70. The zero-order valence-electron chi connectivity index (χ0n) is 9.83. The van der Waals surface area contributed by atoms with E-state index in [2.05, 4.69) is 15.1 Å². The van der Waals surface area contributed by atoms with Crippen molar-refractivity contribution in [2.45, 2.75) is 12.3 Å². The minimum atomic E-state index is -2.97. The maximum absolute atomic E-state index is 11.4. The van der Waals surface area contributed by atoms with Gasteiger partial charge in [-0.3, -0.25) is 0 Å². The van der Waals surface area contributed by atoms with Crippen molar-refractivity contribution < 1.29 is 12.9 Å². The van der Waals surface area contributed by atoms with E-state index in [1.807, 2.05) is 6.07 Å². The molecule has 3 rings (SSSR count). The van der Waals surface area contributed by atoms with E-state index in [9.17, 15) is 8.42 Å². The van der Waals surface area contributed by atoms with Crippen molar-refractivity contribution in [2.24, 2.45) is 0 Å². The molecule has 19 heavy (non-hydrogen) atoms. The fourth-order valence-corrected chi connectivity index (χ4v) is 3.84. The summed E-state index contributed by atoms with van der Waals surface area (Å²) < 4.78 is 27.9. The Labute approximate surface area is 109 Å². The lowest BCUT2D eigenvalue weighted by molar-refractivity contribution is 0.418. The van der Waals surface area contributed by atoms with Gasteiger partial charge in [0.1, 0.15) is 11.8 Å². The minimum Gasteiger partial charge on any atom is -0.352 e. The lowest BCUT2D eigenvalue weighted by Gasteiger charge is -1.97. The smallest absolute Gasteiger partial charge is 0.259 e. The number of hydrogen-bond acceptors (Lipinski definition) is 6. The number of rotatable bonds is 2. The third-order valence-corrected chi connectivity index (χ3v) is 4.86. The predicted molar refractivity (Wildman–Crippen MR) is 64.8 cm³/mol. The van der Waals surface area contributed by atoms with Gasteiger partial charge >= 0.3 is 0 Å². The standard InChI is InChI=1S/C11H10N4O3S/c12-4-9-3-8(5-13-9)11-14-10(15-18-11)7-1-2-19(16,17)6-7/h3,5,7,13H,1-2,6H2. The summed E-state index contributed by atoms with van der Waals surface area (Å²) in [5, 5.41) is 12.5. The summed E-state index contributed by atoms with van der Waals surface area (Å²) in [6.45, 7) is 0. The quantitative estimate of drug-likeness (QED) is 0.870. The molecule has 1 aliphatic heterocycles. The van der Waals surface area contributed by atoms with Crippen LogP contribution in [0.2, 0.25) is 0 Å². The maximum Gasteiger partial charge on any atom is 0.259 e. The van der Waals surface area contributed by atoms with Crippen molar-refractivity contribution in [3.8, 4) is 17.5 Å². The summed E-state index contributed by atoms with van der Waals surface area (Å²) in [7, 11) is -2.97. The van der Waals surface area contributed by atoms with Gasteiger partial charge in [0.25, 0.3) is 5.89 Å². The number of H-pyrrole nitrogens is 1. The fourth-order valence-electron chi connectivity index (χ4n) is 2.10. The van der Waals surface area contributed by atoms with Gasteiger partial charge in [-0.25, -0.2) is 8.42 Å². The van der Waals surface area contributed by atoms with Gasteiger partial charge in [0.2, 0.25) is 0 Å². The normalized spacial score (nSPS) is 21.3. The number of nitrogens with zero attached hydrogens (tertiary/aromatic N) is 3. The Morgan fingerprint density at radius 3 is 3.00 bits per heavy atom. The van der Waals surface area contributed by atoms with Crippen molar-refractivity contribution >= 4 is 9.84 Å². The molecule has 1 saturated heterocycles. The molecule has 0 radical (unpaired) electrons. The summed E-state index contributed by atoms with van der Waals surface area (Å²) in [6.07, 6.45) is 2.12. The van der Waals surface area contributed by atoms with E-state index in [1.54, 1.807) is 12.3 Å². The molecule has 1 N–H and O–H groups in total. The predicted octanol–water partition coefficient (Wildman–Crippen LogP) is 0.838. The van der Waals surface area contributed by atoms with Crippen molar-refractivity contribution in [3.05, 3.63) is 23.8 Å². The number of nitrogens with one attached hydrogen (secondary N) is 1. The van der Waals surface area contributed by atoms with Gasteiger partial charge in [0, 0.05) is 12.1 Å². The van der Waals surface area contributed by atoms with Gasteiger partial charge in [-0.2, -0.15) is 10.2 Å². The molecule has 98 valence electrons. The molecular weight excluding hydrogens is 268 g/mol. The highest BCUT2D eigenvalue weighted by molar-refractivity contribution is 7.91. The Kier molecular flexibility index (Phi) is 2.64. The van der Waals surface area contributed by atoms with Crippen LogP contribution in [0.4, 0.5) is 0 Å². The monoisotopic (exact) mass is 278 g/mol. The third-order valence-electron chi connectivity index (χ3n) is 3.09. The zero-order valence-corrected chi connectivity index (χ0v) is 10.6. The Morgan fingerprint density at radius 2 is 2.37 bits per heavy atom. The molecule has 0 aromatic carbocycles. The maximum atomic E-state index is 11.4. The Balaban J connectivity index is 1.86. The van der Waals surface area contributed by atoms with Crippen LogP contribution >= 0.6 is 0 Å². The second-order valence-corrected chi connectivity index (χ2v) is 6.70. The summed E-state index contributed by atoms with van der Waals surface area (Å²) in [6, 6.07) is 3.56. The Morgan fingerprint density at radius 1 is 1.53 bits per heavy atom.